The van der Waals surface area contributed by atoms with Crippen molar-refractivity contribution in [3.63, 3.8) is 0 Å². The molecule has 122 valence electrons. The van der Waals surface area contributed by atoms with E-state index >= 15 is 0 Å². The lowest BCUT2D eigenvalue weighted by Crippen LogP contribution is -2.46. The second kappa shape index (κ2) is 7.42. The Morgan fingerprint density at radius 3 is 2.55 bits per heavy atom. The molecule has 1 aromatic rings. The van der Waals surface area contributed by atoms with Crippen LogP contribution in [-0.4, -0.2) is 43.7 Å². The van der Waals surface area contributed by atoms with Gasteiger partial charge in [-0.05, 0) is 37.1 Å². The van der Waals surface area contributed by atoms with Crippen LogP contribution in [-0.2, 0) is 6.54 Å². The van der Waals surface area contributed by atoms with Crippen molar-refractivity contribution in [2.24, 2.45) is 0 Å². The molecule has 3 nitrogen and oxygen atoms in total. The number of halogens is 1. The Bertz CT molecular complexity index is 477. The molecule has 1 aliphatic heterocycles. The first kappa shape index (κ1) is 15.8. The minimum atomic E-state index is -0.0884. The van der Waals surface area contributed by atoms with Crippen molar-refractivity contribution in [3.05, 3.63) is 29.6 Å². The highest BCUT2D eigenvalue weighted by Crippen LogP contribution is 2.23. The van der Waals surface area contributed by atoms with E-state index in [0.717, 1.165) is 45.0 Å². The molecule has 0 amide bonds. The average molecular weight is 305 g/mol. The first-order valence-electron chi connectivity index (χ1n) is 8.75. The molecule has 3 rings (SSSR count). The zero-order valence-electron chi connectivity index (χ0n) is 13.7. The number of hydrogen-bond donors (Lipinski definition) is 1. The van der Waals surface area contributed by atoms with Gasteiger partial charge in [0.2, 0.25) is 0 Å². The van der Waals surface area contributed by atoms with Gasteiger partial charge >= 0.3 is 0 Å². The van der Waals surface area contributed by atoms with Gasteiger partial charge in [-0.2, -0.15) is 0 Å². The average Bonchev–Trinajstić information content (AvgIpc) is 3.08. The van der Waals surface area contributed by atoms with E-state index in [1.807, 2.05) is 12.1 Å². The van der Waals surface area contributed by atoms with Crippen LogP contribution in [0, 0.1) is 5.82 Å². The molecule has 1 saturated heterocycles. The summed E-state index contributed by atoms with van der Waals surface area (Å²) in [6.07, 6.45) is 5.25. The van der Waals surface area contributed by atoms with Crippen LogP contribution in [0.1, 0.15) is 38.2 Å². The molecule has 0 radical (unpaired) electrons. The summed E-state index contributed by atoms with van der Waals surface area (Å²) in [6.45, 7) is 8.02. The monoisotopic (exact) mass is 305 g/mol. The van der Waals surface area contributed by atoms with E-state index in [1.165, 1.54) is 31.2 Å². The zero-order chi connectivity index (χ0) is 15.4. The van der Waals surface area contributed by atoms with E-state index in [4.69, 9.17) is 0 Å². The van der Waals surface area contributed by atoms with Gasteiger partial charge in [0.15, 0.2) is 0 Å². The largest absolute Gasteiger partial charge is 0.367 e. The lowest BCUT2D eigenvalue weighted by atomic mass is 10.1. The number of piperazine rings is 1. The molecule has 2 aliphatic rings. The molecule has 4 heteroatoms. The van der Waals surface area contributed by atoms with Gasteiger partial charge in [-0.25, -0.2) is 4.39 Å². The van der Waals surface area contributed by atoms with Gasteiger partial charge in [-0.1, -0.05) is 25.8 Å². The van der Waals surface area contributed by atoms with E-state index in [9.17, 15) is 4.39 Å². The van der Waals surface area contributed by atoms with Gasteiger partial charge in [0.25, 0.3) is 0 Å². The summed E-state index contributed by atoms with van der Waals surface area (Å²) in [5, 5.41) is 3.61. The normalized spacial score (nSPS) is 20.7. The molecule has 0 aromatic heterocycles. The van der Waals surface area contributed by atoms with Crippen molar-refractivity contribution in [2.75, 3.05) is 37.6 Å². The molecule has 0 atom stereocenters. The van der Waals surface area contributed by atoms with E-state index in [2.05, 4.69) is 22.0 Å². The highest BCUT2D eigenvalue weighted by Gasteiger charge is 2.19. The molecule has 1 aromatic carbocycles. The Kier molecular flexibility index (Phi) is 5.32. The van der Waals surface area contributed by atoms with Crippen molar-refractivity contribution >= 4 is 5.69 Å². The molecule has 0 bridgehead atoms. The molecule has 1 aliphatic carbocycles. The van der Waals surface area contributed by atoms with Crippen molar-refractivity contribution in [3.8, 4) is 0 Å². The Balaban J connectivity index is 1.62. The number of anilines is 1. The standard InChI is InChI=1S/C18H28FN3/c1-2-21-9-11-22(12-10-21)18-13-15(7-8-17(18)19)14-20-16-5-3-4-6-16/h7-8,13,16,20H,2-6,9-12,14H2,1H3. The summed E-state index contributed by atoms with van der Waals surface area (Å²) in [5.41, 5.74) is 1.97. The zero-order valence-corrected chi connectivity index (χ0v) is 13.7. The van der Waals surface area contributed by atoms with Crippen LogP contribution in [0.25, 0.3) is 0 Å². The lowest BCUT2D eigenvalue weighted by molar-refractivity contribution is 0.270. The van der Waals surface area contributed by atoms with E-state index in [1.54, 1.807) is 6.07 Å². The summed E-state index contributed by atoms with van der Waals surface area (Å²) in [6, 6.07) is 6.25. The Labute approximate surface area is 133 Å². The third-order valence-electron chi connectivity index (χ3n) is 5.12. The van der Waals surface area contributed by atoms with Crippen LogP contribution in [0.2, 0.25) is 0 Å². The first-order valence-corrected chi connectivity index (χ1v) is 8.75. The molecule has 1 heterocycles. The molecule has 2 fully saturated rings. The fraction of sp³-hybridized carbons (Fsp3) is 0.667. The highest BCUT2D eigenvalue weighted by molar-refractivity contribution is 5.50. The third-order valence-corrected chi connectivity index (χ3v) is 5.12. The number of benzene rings is 1. The summed E-state index contributed by atoms with van der Waals surface area (Å²) in [5.74, 6) is -0.0884. The minimum absolute atomic E-state index is 0.0884. The number of hydrogen-bond acceptors (Lipinski definition) is 3. The lowest BCUT2D eigenvalue weighted by Gasteiger charge is -2.35. The van der Waals surface area contributed by atoms with Crippen LogP contribution in [0.15, 0.2) is 18.2 Å². The molecule has 22 heavy (non-hydrogen) atoms. The number of nitrogens with one attached hydrogen (secondary N) is 1. The molecule has 0 unspecified atom stereocenters. The van der Waals surface area contributed by atoms with Crippen molar-refractivity contribution in [1.82, 2.24) is 10.2 Å². The Morgan fingerprint density at radius 2 is 1.86 bits per heavy atom. The van der Waals surface area contributed by atoms with Crippen LogP contribution in [0.3, 0.4) is 0 Å². The predicted molar refractivity (Wildman–Crippen MR) is 89.8 cm³/mol. The summed E-state index contributed by atoms with van der Waals surface area (Å²) in [7, 11) is 0. The second-order valence-corrected chi connectivity index (χ2v) is 6.57. The second-order valence-electron chi connectivity index (χ2n) is 6.57. The van der Waals surface area contributed by atoms with Crippen molar-refractivity contribution < 1.29 is 4.39 Å². The maximum Gasteiger partial charge on any atom is 0.146 e. The van der Waals surface area contributed by atoms with Gasteiger partial charge < -0.3 is 15.1 Å². The maximum atomic E-state index is 14.2. The van der Waals surface area contributed by atoms with Gasteiger partial charge in [0.1, 0.15) is 5.82 Å². The van der Waals surface area contributed by atoms with Crippen molar-refractivity contribution in [2.45, 2.75) is 45.2 Å². The first-order chi connectivity index (χ1) is 10.8. The molecule has 0 spiro atoms. The molecule has 1 saturated carbocycles. The van der Waals surface area contributed by atoms with Gasteiger partial charge in [-0.3, -0.25) is 0 Å². The van der Waals surface area contributed by atoms with E-state index in [0.29, 0.717) is 6.04 Å². The van der Waals surface area contributed by atoms with Crippen LogP contribution in [0.5, 0.6) is 0 Å². The fourth-order valence-corrected chi connectivity index (χ4v) is 3.61. The summed E-state index contributed by atoms with van der Waals surface area (Å²) >= 11 is 0. The topological polar surface area (TPSA) is 18.5 Å². The summed E-state index contributed by atoms with van der Waals surface area (Å²) < 4.78 is 14.2. The van der Waals surface area contributed by atoms with Crippen LogP contribution < -0.4 is 10.2 Å². The number of rotatable bonds is 5. The minimum Gasteiger partial charge on any atom is -0.367 e. The fourth-order valence-electron chi connectivity index (χ4n) is 3.61. The number of likely N-dealkylation sites (N-methyl/N-ethyl adjacent to an activating group) is 1. The molecular weight excluding hydrogens is 277 g/mol. The van der Waals surface area contributed by atoms with E-state index < -0.39 is 0 Å². The van der Waals surface area contributed by atoms with Crippen molar-refractivity contribution in [1.29, 1.82) is 0 Å². The summed E-state index contributed by atoms with van der Waals surface area (Å²) in [4.78, 5) is 4.61. The van der Waals surface area contributed by atoms with E-state index in [-0.39, 0.29) is 5.82 Å². The molecular formula is C18H28FN3. The maximum absolute atomic E-state index is 14.2. The molecule has 1 N–H and O–H groups in total. The Hall–Kier alpha value is -1.13. The smallest absolute Gasteiger partial charge is 0.146 e. The van der Waals surface area contributed by atoms with Gasteiger partial charge in [0.05, 0.1) is 5.69 Å². The van der Waals surface area contributed by atoms with Gasteiger partial charge in [-0.15, -0.1) is 0 Å². The predicted octanol–water partition coefficient (Wildman–Crippen LogP) is 3.00. The third kappa shape index (κ3) is 3.79. The number of nitrogens with zero attached hydrogens (tertiary/aromatic N) is 2. The SMILES string of the molecule is CCN1CCN(c2cc(CNC3CCCC3)ccc2F)CC1. The van der Waals surface area contributed by atoms with Gasteiger partial charge in [0, 0.05) is 38.8 Å². The van der Waals surface area contributed by atoms with Crippen LogP contribution >= 0.6 is 0 Å². The Morgan fingerprint density at radius 1 is 1.14 bits per heavy atom. The highest BCUT2D eigenvalue weighted by atomic mass is 19.1. The quantitative estimate of drug-likeness (QED) is 0.902. The van der Waals surface area contributed by atoms with Crippen LogP contribution in [0.4, 0.5) is 10.1 Å².